The number of pyridine rings is 1. The molecule has 2 N–H and O–H groups in total. The molecule has 1 rings (SSSR count). The lowest BCUT2D eigenvalue weighted by Gasteiger charge is -2.18. The average Bonchev–Trinajstić information content (AvgIpc) is 2.29. The lowest BCUT2D eigenvalue weighted by atomic mass is 10.2. The van der Waals surface area contributed by atoms with E-state index in [1.165, 1.54) is 18.5 Å². The molecule has 1 atom stereocenters. The van der Waals surface area contributed by atoms with Crippen LogP contribution in [0.5, 0.6) is 0 Å². The minimum absolute atomic E-state index is 0.0901. The van der Waals surface area contributed by atoms with Crippen LogP contribution in [0.4, 0.5) is 5.69 Å². The van der Waals surface area contributed by atoms with Crippen LogP contribution in [0.2, 0.25) is 0 Å². The third-order valence-corrected chi connectivity index (χ3v) is 2.27. The molecule has 88 valence electrons. The molecule has 5 nitrogen and oxygen atoms in total. The van der Waals surface area contributed by atoms with E-state index in [1.807, 2.05) is 6.92 Å². The number of rotatable bonds is 6. The molecule has 16 heavy (non-hydrogen) atoms. The minimum Gasteiger partial charge on any atom is -0.478 e. The van der Waals surface area contributed by atoms with Crippen LogP contribution in [0.3, 0.4) is 0 Å². The molecule has 5 heteroatoms. The number of methoxy groups -OCH3 is 1. The summed E-state index contributed by atoms with van der Waals surface area (Å²) < 4.78 is 5.04. The number of anilines is 1. The summed E-state index contributed by atoms with van der Waals surface area (Å²) in [7, 11) is 1.62. The topological polar surface area (TPSA) is 71.5 Å². The number of nitrogens with zero attached hydrogens (tertiary/aromatic N) is 1. The van der Waals surface area contributed by atoms with Crippen molar-refractivity contribution in [1.82, 2.24) is 4.98 Å². The molecule has 0 saturated carbocycles. The highest BCUT2D eigenvalue weighted by Gasteiger charge is 2.12. The molecule has 1 heterocycles. The largest absolute Gasteiger partial charge is 0.478 e. The first-order valence-electron chi connectivity index (χ1n) is 5.11. The lowest BCUT2D eigenvalue weighted by Crippen LogP contribution is -2.25. The Morgan fingerprint density at radius 2 is 2.44 bits per heavy atom. The molecular formula is C11H16N2O3. The second-order valence-corrected chi connectivity index (χ2v) is 3.43. The van der Waals surface area contributed by atoms with Crippen LogP contribution in [0, 0.1) is 0 Å². The van der Waals surface area contributed by atoms with E-state index in [0.717, 1.165) is 6.42 Å². The van der Waals surface area contributed by atoms with Crippen LogP contribution in [0.15, 0.2) is 18.5 Å². The average molecular weight is 224 g/mol. The van der Waals surface area contributed by atoms with Crippen molar-refractivity contribution in [2.24, 2.45) is 0 Å². The summed E-state index contributed by atoms with van der Waals surface area (Å²) in [5.74, 6) is -0.961. The van der Waals surface area contributed by atoms with Crippen molar-refractivity contribution in [3.8, 4) is 0 Å². The zero-order chi connectivity index (χ0) is 12.0. The molecule has 0 aliphatic rings. The maximum absolute atomic E-state index is 11.0. The fourth-order valence-corrected chi connectivity index (χ4v) is 1.38. The van der Waals surface area contributed by atoms with E-state index >= 15 is 0 Å². The minimum atomic E-state index is -0.961. The number of hydrogen-bond acceptors (Lipinski definition) is 4. The molecule has 0 fully saturated rings. The highest BCUT2D eigenvalue weighted by Crippen LogP contribution is 2.15. The quantitative estimate of drug-likeness (QED) is 0.768. The number of aromatic nitrogens is 1. The number of carboxylic acids is 1. The fourth-order valence-electron chi connectivity index (χ4n) is 1.38. The molecule has 1 aromatic heterocycles. The SMILES string of the molecule is CCC(COC)Nc1cnccc1C(=O)O. The van der Waals surface area contributed by atoms with Crippen molar-refractivity contribution in [1.29, 1.82) is 0 Å². The summed E-state index contributed by atoms with van der Waals surface area (Å²) in [4.78, 5) is 14.9. The van der Waals surface area contributed by atoms with Gasteiger partial charge in [0, 0.05) is 19.3 Å². The van der Waals surface area contributed by atoms with Gasteiger partial charge >= 0.3 is 5.97 Å². The Labute approximate surface area is 94.5 Å². The lowest BCUT2D eigenvalue weighted by molar-refractivity contribution is 0.0697. The smallest absolute Gasteiger partial charge is 0.337 e. The summed E-state index contributed by atoms with van der Waals surface area (Å²) in [6.07, 6.45) is 3.83. The zero-order valence-corrected chi connectivity index (χ0v) is 9.43. The highest BCUT2D eigenvalue weighted by atomic mass is 16.5. The van der Waals surface area contributed by atoms with Crippen LogP contribution in [0.1, 0.15) is 23.7 Å². The van der Waals surface area contributed by atoms with Gasteiger partial charge in [-0.15, -0.1) is 0 Å². The monoisotopic (exact) mass is 224 g/mol. The van der Waals surface area contributed by atoms with Gasteiger partial charge in [0.1, 0.15) is 0 Å². The van der Waals surface area contributed by atoms with Crippen molar-refractivity contribution in [3.05, 3.63) is 24.0 Å². The fraction of sp³-hybridized carbons (Fsp3) is 0.455. The standard InChI is InChI=1S/C11H16N2O3/c1-3-8(7-16-2)13-10-6-12-5-4-9(10)11(14)15/h4-6,8,13H,3,7H2,1-2H3,(H,14,15). The first kappa shape index (κ1) is 12.4. The Kier molecular flexibility index (Phi) is 4.72. The molecular weight excluding hydrogens is 208 g/mol. The highest BCUT2D eigenvalue weighted by molar-refractivity contribution is 5.93. The maximum Gasteiger partial charge on any atom is 0.337 e. The summed E-state index contributed by atoms with van der Waals surface area (Å²) >= 11 is 0. The van der Waals surface area contributed by atoms with Crippen molar-refractivity contribution in [3.63, 3.8) is 0 Å². The van der Waals surface area contributed by atoms with Crippen LogP contribution >= 0.6 is 0 Å². The summed E-state index contributed by atoms with van der Waals surface area (Å²) in [6, 6.07) is 1.57. The second-order valence-electron chi connectivity index (χ2n) is 3.43. The molecule has 0 bridgehead atoms. The number of hydrogen-bond donors (Lipinski definition) is 2. The molecule has 0 radical (unpaired) electrons. The van der Waals surface area contributed by atoms with Gasteiger partial charge in [-0.2, -0.15) is 0 Å². The maximum atomic E-state index is 11.0. The molecule has 0 amide bonds. The van der Waals surface area contributed by atoms with Crippen LogP contribution in [-0.2, 0) is 4.74 Å². The molecule has 1 aromatic rings. The van der Waals surface area contributed by atoms with Crippen LogP contribution in [-0.4, -0.2) is 35.8 Å². The number of carboxylic acid groups (broad SMARTS) is 1. The molecule has 0 aromatic carbocycles. The van der Waals surface area contributed by atoms with E-state index in [1.54, 1.807) is 7.11 Å². The second kappa shape index (κ2) is 6.07. The molecule has 0 aliphatic heterocycles. The van der Waals surface area contributed by atoms with Crippen LogP contribution in [0.25, 0.3) is 0 Å². The predicted molar refractivity (Wildman–Crippen MR) is 60.8 cm³/mol. The molecule has 0 saturated heterocycles. The van der Waals surface area contributed by atoms with Crippen molar-refractivity contribution < 1.29 is 14.6 Å². The summed E-state index contributed by atoms with van der Waals surface area (Å²) in [5.41, 5.74) is 0.753. The number of carbonyl (C=O) groups is 1. The Morgan fingerprint density at radius 1 is 1.69 bits per heavy atom. The van der Waals surface area contributed by atoms with Gasteiger partial charge in [-0.3, -0.25) is 4.98 Å². The Balaban J connectivity index is 2.82. The van der Waals surface area contributed by atoms with Crippen molar-refractivity contribution in [2.45, 2.75) is 19.4 Å². The first-order valence-corrected chi connectivity index (χ1v) is 5.11. The molecule has 1 unspecified atom stereocenters. The Morgan fingerprint density at radius 3 is 3.00 bits per heavy atom. The third-order valence-electron chi connectivity index (χ3n) is 2.27. The number of aromatic carboxylic acids is 1. The van der Waals surface area contributed by atoms with Gasteiger partial charge in [0.15, 0.2) is 0 Å². The van der Waals surface area contributed by atoms with Gasteiger partial charge in [-0.05, 0) is 12.5 Å². The van der Waals surface area contributed by atoms with E-state index in [-0.39, 0.29) is 11.6 Å². The van der Waals surface area contributed by atoms with E-state index in [4.69, 9.17) is 9.84 Å². The third kappa shape index (κ3) is 3.20. The van der Waals surface area contributed by atoms with E-state index in [9.17, 15) is 4.79 Å². The number of nitrogens with one attached hydrogen (secondary N) is 1. The van der Waals surface area contributed by atoms with E-state index in [0.29, 0.717) is 12.3 Å². The number of ether oxygens (including phenoxy) is 1. The summed E-state index contributed by atoms with van der Waals surface area (Å²) in [6.45, 7) is 2.54. The van der Waals surface area contributed by atoms with Gasteiger partial charge in [-0.1, -0.05) is 6.92 Å². The molecule has 0 spiro atoms. The van der Waals surface area contributed by atoms with Gasteiger partial charge < -0.3 is 15.2 Å². The van der Waals surface area contributed by atoms with Gasteiger partial charge in [-0.25, -0.2) is 4.79 Å². The zero-order valence-electron chi connectivity index (χ0n) is 9.43. The van der Waals surface area contributed by atoms with Crippen LogP contribution < -0.4 is 5.32 Å². The first-order chi connectivity index (χ1) is 7.69. The molecule has 0 aliphatic carbocycles. The van der Waals surface area contributed by atoms with E-state index in [2.05, 4.69) is 10.3 Å². The van der Waals surface area contributed by atoms with Gasteiger partial charge in [0.2, 0.25) is 0 Å². The normalized spacial score (nSPS) is 12.1. The van der Waals surface area contributed by atoms with Gasteiger partial charge in [0.25, 0.3) is 0 Å². The predicted octanol–water partition coefficient (Wildman–Crippen LogP) is 1.62. The van der Waals surface area contributed by atoms with E-state index < -0.39 is 5.97 Å². The van der Waals surface area contributed by atoms with Crippen molar-refractivity contribution in [2.75, 3.05) is 19.0 Å². The van der Waals surface area contributed by atoms with Crippen molar-refractivity contribution >= 4 is 11.7 Å². The Hall–Kier alpha value is -1.62. The summed E-state index contributed by atoms with van der Waals surface area (Å²) in [5, 5.41) is 12.1. The van der Waals surface area contributed by atoms with Gasteiger partial charge in [0.05, 0.1) is 24.1 Å². The Bertz CT molecular complexity index is 355.